The van der Waals surface area contributed by atoms with Crippen molar-refractivity contribution in [2.75, 3.05) is 0 Å². The summed E-state index contributed by atoms with van der Waals surface area (Å²) in [5.74, 6) is -5.41. The summed E-state index contributed by atoms with van der Waals surface area (Å²) in [5, 5.41) is 34.3. The number of rotatable bonds is 5. The zero-order valence-electron chi connectivity index (χ0n) is 13.6. The topological polar surface area (TPSA) is 204 Å². The van der Waals surface area contributed by atoms with Crippen LogP contribution in [0, 0.1) is 0 Å². The first kappa shape index (κ1) is 22.3. The van der Waals surface area contributed by atoms with Crippen molar-refractivity contribution >= 4 is 34.0 Å². The lowest BCUT2D eigenvalue weighted by Crippen LogP contribution is -2.14. The number of carboxylic acid groups (broad SMARTS) is 4. The molecule has 0 saturated heterocycles. The fraction of sp³-hybridized carbons (Fsp3) is 0. The summed E-state index contributed by atoms with van der Waals surface area (Å²) in [6.07, 6.45) is 0. The highest BCUT2D eigenvalue weighted by atomic mass is 32.2. The van der Waals surface area contributed by atoms with Crippen molar-refractivity contribution in [3.05, 3.63) is 64.7 Å². The third-order valence-electron chi connectivity index (χ3n) is 3.11. The molecule has 0 aliphatic heterocycles. The van der Waals surface area contributed by atoms with Crippen molar-refractivity contribution in [1.82, 2.24) is 0 Å². The van der Waals surface area contributed by atoms with Crippen LogP contribution >= 0.6 is 0 Å². The van der Waals surface area contributed by atoms with Crippen LogP contribution in [0.2, 0.25) is 0 Å². The predicted molar refractivity (Wildman–Crippen MR) is 90.5 cm³/mol. The number of hydrogen-bond donors (Lipinski definition) is 5. The molecule has 0 saturated carbocycles. The van der Waals surface area contributed by atoms with E-state index in [-0.39, 0.29) is 11.1 Å². The Morgan fingerprint density at radius 2 is 0.929 bits per heavy atom. The maximum atomic E-state index is 10.9. The zero-order chi connectivity index (χ0) is 21.6. The minimum Gasteiger partial charge on any atom is -0.478 e. The first-order chi connectivity index (χ1) is 12.9. The molecule has 148 valence electrons. The van der Waals surface area contributed by atoms with Crippen LogP contribution in [0.4, 0.5) is 0 Å². The van der Waals surface area contributed by atoms with E-state index in [1.807, 2.05) is 0 Å². The van der Waals surface area contributed by atoms with Gasteiger partial charge in [0.15, 0.2) is 0 Å². The summed E-state index contributed by atoms with van der Waals surface area (Å²) < 4.78 is 30.6. The Hall–Kier alpha value is -3.77. The van der Waals surface area contributed by atoms with Crippen LogP contribution in [0.25, 0.3) is 0 Å². The van der Waals surface area contributed by atoms with Gasteiger partial charge in [0, 0.05) is 0 Å². The highest BCUT2D eigenvalue weighted by Crippen LogP contribution is 2.20. The van der Waals surface area contributed by atoms with Gasteiger partial charge in [0.1, 0.15) is 4.90 Å². The summed E-state index contributed by atoms with van der Waals surface area (Å²) in [6.45, 7) is 0. The molecule has 0 fully saturated rings. The summed E-state index contributed by atoms with van der Waals surface area (Å²) in [7, 11) is -4.92. The van der Waals surface area contributed by atoms with E-state index >= 15 is 0 Å². The molecule has 2 aromatic rings. The van der Waals surface area contributed by atoms with Crippen molar-refractivity contribution in [3.8, 4) is 0 Å². The van der Waals surface area contributed by atoms with E-state index in [0.717, 1.165) is 18.2 Å². The molecule has 11 nitrogen and oxygen atoms in total. The molecule has 0 aliphatic carbocycles. The molecule has 12 heteroatoms. The number of carbonyl (C=O) groups is 4. The van der Waals surface area contributed by atoms with Gasteiger partial charge in [-0.3, -0.25) is 4.55 Å². The highest BCUT2D eigenvalue weighted by Gasteiger charge is 2.27. The third-order valence-corrected chi connectivity index (χ3v) is 4.07. The van der Waals surface area contributed by atoms with Gasteiger partial charge in [-0.15, -0.1) is 0 Å². The average molecular weight is 412 g/mol. The predicted octanol–water partition coefficient (Wildman–Crippen LogP) is 1.41. The van der Waals surface area contributed by atoms with Gasteiger partial charge in [-0.2, -0.15) is 8.42 Å². The second-order valence-corrected chi connectivity index (χ2v) is 6.31. The third kappa shape index (κ3) is 5.62. The van der Waals surface area contributed by atoms with Gasteiger partial charge < -0.3 is 20.4 Å². The monoisotopic (exact) mass is 412 g/mol. The van der Waals surface area contributed by atoms with Crippen LogP contribution in [0.5, 0.6) is 0 Å². The molecule has 28 heavy (non-hydrogen) atoms. The van der Waals surface area contributed by atoms with Gasteiger partial charge in [0.2, 0.25) is 0 Å². The van der Waals surface area contributed by atoms with Crippen LogP contribution in [0.3, 0.4) is 0 Å². The Bertz CT molecular complexity index is 972. The van der Waals surface area contributed by atoms with Gasteiger partial charge in [-0.25, -0.2) is 19.2 Å². The lowest BCUT2D eigenvalue weighted by Gasteiger charge is -2.05. The Balaban J connectivity index is 0.000000292. The van der Waals surface area contributed by atoms with Crippen LogP contribution in [-0.4, -0.2) is 57.3 Å². The summed E-state index contributed by atoms with van der Waals surface area (Å²) >= 11 is 0. The smallest absolute Gasteiger partial charge is 0.337 e. The van der Waals surface area contributed by atoms with Gasteiger partial charge in [0.05, 0.1) is 22.3 Å². The molecule has 0 atom stereocenters. The second-order valence-electron chi connectivity index (χ2n) is 4.96. The summed E-state index contributed by atoms with van der Waals surface area (Å²) in [5.41, 5.74) is -1.41. The fourth-order valence-corrected chi connectivity index (χ4v) is 2.77. The maximum absolute atomic E-state index is 10.9. The number of hydrogen-bond acceptors (Lipinski definition) is 6. The molecule has 2 rings (SSSR count). The minimum absolute atomic E-state index is 0.0833. The highest BCUT2D eigenvalue weighted by molar-refractivity contribution is 7.86. The van der Waals surface area contributed by atoms with E-state index in [4.69, 9.17) is 25.0 Å². The molecule has 0 spiro atoms. The number of aromatic carboxylic acids is 4. The van der Waals surface area contributed by atoms with Crippen LogP contribution in [0.1, 0.15) is 41.4 Å². The second kappa shape index (κ2) is 8.75. The lowest BCUT2D eigenvalue weighted by atomic mass is 10.1. The maximum Gasteiger partial charge on any atom is 0.337 e. The van der Waals surface area contributed by atoms with Gasteiger partial charge in [-0.05, 0) is 36.4 Å². The molecule has 0 heterocycles. The zero-order valence-corrected chi connectivity index (χ0v) is 14.5. The molecule has 0 amide bonds. The molecular weight excluding hydrogens is 400 g/mol. The molecule has 0 aliphatic rings. The van der Waals surface area contributed by atoms with Crippen molar-refractivity contribution in [3.63, 3.8) is 0 Å². The van der Waals surface area contributed by atoms with Crippen molar-refractivity contribution in [2.24, 2.45) is 0 Å². The fourth-order valence-electron chi connectivity index (χ4n) is 1.91. The first-order valence-electron chi connectivity index (χ1n) is 7.00. The molecule has 0 aromatic heterocycles. The molecule has 2 aromatic carbocycles. The molecule has 0 bridgehead atoms. The van der Waals surface area contributed by atoms with E-state index in [0.29, 0.717) is 0 Å². The van der Waals surface area contributed by atoms with Crippen molar-refractivity contribution in [2.45, 2.75) is 4.90 Å². The summed E-state index contributed by atoms with van der Waals surface area (Å²) in [6, 6.07) is 7.87. The van der Waals surface area contributed by atoms with Crippen LogP contribution < -0.4 is 0 Å². The molecular formula is C16H12O11S. The number of carboxylic acids is 4. The largest absolute Gasteiger partial charge is 0.478 e. The Morgan fingerprint density at radius 1 is 0.607 bits per heavy atom. The summed E-state index contributed by atoms with van der Waals surface area (Å²) in [4.78, 5) is 40.9. The lowest BCUT2D eigenvalue weighted by molar-refractivity contribution is 0.0676. The minimum atomic E-state index is -4.92. The standard InChI is InChI=1S/C8H6O7S.C8H6O4/c9-7(10)4-2-1-3-5(8(11)12)6(4)16(13,14)15;9-7(10)5-1-2-6(4-3-5)8(11)12/h1-3H,(H,9,10)(H,11,12)(H,13,14,15);1-4H,(H,9,10)(H,11,12). The Kier molecular flexibility index (Phi) is 6.96. The normalized spacial score (nSPS) is 10.3. The van der Waals surface area contributed by atoms with Crippen molar-refractivity contribution in [1.29, 1.82) is 0 Å². The van der Waals surface area contributed by atoms with Crippen LogP contribution in [-0.2, 0) is 10.1 Å². The molecule has 0 unspecified atom stereocenters. The van der Waals surface area contributed by atoms with E-state index in [9.17, 15) is 27.6 Å². The molecule has 5 N–H and O–H groups in total. The van der Waals surface area contributed by atoms with E-state index in [1.165, 1.54) is 24.3 Å². The molecule has 0 radical (unpaired) electrons. The van der Waals surface area contributed by atoms with Crippen LogP contribution in [0.15, 0.2) is 47.4 Å². The Morgan fingerprint density at radius 3 is 1.14 bits per heavy atom. The first-order valence-corrected chi connectivity index (χ1v) is 8.44. The SMILES string of the molecule is O=C(O)c1ccc(C(=O)O)cc1.O=C(O)c1cccc(C(=O)O)c1S(=O)(=O)O. The number of benzene rings is 2. The van der Waals surface area contributed by atoms with Gasteiger partial charge >= 0.3 is 23.9 Å². The Labute approximate surface area is 156 Å². The van der Waals surface area contributed by atoms with Gasteiger partial charge in [0.25, 0.3) is 10.1 Å². The van der Waals surface area contributed by atoms with E-state index in [1.54, 1.807) is 0 Å². The van der Waals surface area contributed by atoms with Gasteiger partial charge in [-0.1, -0.05) is 6.07 Å². The van der Waals surface area contributed by atoms with E-state index < -0.39 is 50.0 Å². The quantitative estimate of drug-likeness (QED) is 0.444. The van der Waals surface area contributed by atoms with E-state index in [2.05, 4.69) is 0 Å². The average Bonchev–Trinajstić information content (AvgIpc) is 2.60. The van der Waals surface area contributed by atoms with Crippen molar-refractivity contribution < 1.29 is 52.6 Å².